The molecule has 66 heavy (non-hydrogen) atoms. The molecule has 5 aromatic rings. The number of ether oxygens (including phenoxy) is 2. The minimum absolute atomic E-state index is 0.0238. The van der Waals surface area contributed by atoms with E-state index in [1.54, 1.807) is 42.7 Å². The lowest BCUT2D eigenvalue weighted by Gasteiger charge is -2.41. The second kappa shape index (κ2) is 19.7. The van der Waals surface area contributed by atoms with Crippen LogP contribution in [0.2, 0.25) is 18.1 Å². The number of nitrogens with zero attached hydrogens (tertiary/aromatic N) is 8. The first-order valence-corrected chi connectivity index (χ1v) is 25.1. The van der Waals surface area contributed by atoms with Crippen molar-refractivity contribution >= 4 is 69.6 Å². The summed E-state index contributed by atoms with van der Waals surface area (Å²) in [6, 6.07) is 10.8. The Morgan fingerprint density at radius 1 is 1.00 bits per heavy atom. The highest BCUT2D eigenvalue weighted by atomic mass is 31.2. The maximum Gasteiger partial charge on any atom is 0.280 e. The van der Waals surface area contributed by atoms with Gasteiger partial charge in [0.05, 0.1) is 37.9 Å². The summed E-state index contributed by atoms with van der Waals surface area (Å²) in [5.41, 5.74) is 0.577. The number of benzene rings is 1. The second-order valence-electron chi connectivity index (χ2n) is 17.6. The highest BCUT2D eigenvalue weighted by Gasteiger charge is 2.56. The standard InChI is InChI=1S/C41H57BN11O11PSi/c1-22(2)35(56)50-40-49-34-28(37(58)51-40)47-21-53(34)39-31(30(25(17-54)61-39)64-66(7,8)41(4,5)6)63-65(42,59-16-12-15-43)60-18-26-29(55)23(3)38(62-26)52-20-46-27-32(44-19-45-33(27)52)48-36(57)24-13-10-9-11-14-24/h9-11,13-14,19-23,25-26,29-31,38-39,54-55H,12,16-18H2,1-8,42H3,(H,44,45,48,57)(H2,49,50,51,56,58)/t23-,25?,26+,29+,30-,31-,38?,39+,65?/m0/s1. The zero-order valence-corrected chi connectivity index (χ0v) is 39.1. The number of aliphatic hydroxyl groups is 2. The number of aromatic nitrogens is 8. The Bertz CT molecular complexity index is 2640. The molecule has 0 aliphatic carbocycles. The minimum atomic E-state index is -3.32. The first-order chi connectivity index (χ1) is 31.3. The molecule has 7 rings (SSSR count). The summed E-state index contributed by atoms with van der Waals surface area (Å²) in [5, 5.41) is 37.2. The van der Waals surface area contributed by atoms with E-state index in [1.165, 1.54) is 23.5 Å². The van der Waals surface area contributed by atoms with E-state index in [9.17, 15) is 29.9 Å². The molecule has 9 atom stereocenters. The lowest BCUT2D eigenvalue weighted by molar-refractivity contribution is -0.118. The molecule has 354 valence electrons. The first kappa shape index (κ1) is 48.9. The van der Waals surface area contributed by atoms with Crippen molar-refractivity contribution in [1.29, 1.82) is 5.26 Å². The number of amides is 2. The van der Waals surface area contributed by atoms with Gasteiger partial charge in [-0.05, 0) is 30.3 Å². The third kappa shape index (κ3) is 10.1. The van der Waals surface area contributed by atoms with Gasteiger partial charge in [0.1, 0.15) is 44.1 Å². The van der Waals surface area contributed by atoms with Gasteiger partial charge in [-0.2, -0.15) is 10.2 Å². The van der Waals surface area contributed by atoms with Gasteiger partial charge in [0.15, 0.2) is 48.8 Å². The van der Waals surface area contributed by atoms with Gasteiger partial charge < -0.3 is 29.4 Å². The number of anilines is 2. The predicted molar refractivity (Wildman–Crippen MR) is 247 cm³/mol. The van der Waals surface area contributed by atoms with Crippen molar-refractivity contribution in [1.82, 2.24) is 39.0 Å². The number of aliphatic hydroxyl groups excluding tert-OH is 2. The van der Waals surface area contributed by atoms with E-state index < -0.39 is 90.7 Å². The maximum absolute atomic E-state index is 13.3. The van der Waals surface area contributed by atoms with Crippen molar-refractivity contribution < 1.29 is 47.3 Å². The topological polar surface area (TPSA) is 285 Å². The van der Waals surface area contributed by atoms with Crippen LogP contribution in [0.25, 0.3) is 22.3 Å². The highest BCUT2D eigenvalue weighted by Crippen LogP contribution is 2.61. The third-order valence-corrected chi connectivity index (χ3v) is 17.4. The summed E-state index contributed by atoms with van der Waals surface area (Å²) in [5.74, 6) is -1.52. The second-order valence-corrected chi connectivity index (χ2v) is 23.5. The van der Waals surface area contributed by atoms with Crippen molar-refractivity contribution in [2.45, 2.75) is 109 Å². The molecule has 6 heterocycles. The first-order valence-electron chi connectivity index (χ1n) is 21.1. The Kier molecular flexibility index (Phi) is 14.5. The van der Waals surface area contributed by atoms with E-state index in [0.717, 1.165) is 0 Å². The summed E-state index contributed by atoms with van der Waals surface area (Å²) in [6.45, 7) is 14.9. The lowest BCUT2D eigenvalue weighted by atomic mass is 10.0. The molecule has 3 unspecified atom stereocenters. The Labute approximate surface area is 382 Å². The SMILES string of the molecule is [BH3-][P+](OCCC#N)(OC[C@H]1OC(n2cnc3c(NC(=O)c4ccccc4)ncnc32)[C@@H](C)[C@H]1O)O[C@@H]1[C@H](n2cnc3c(=O)[nH]c(NC(=O)C(C)C)nc32)OC(CO)[C@@H]1O[Si](C)(C)C(C)(C)C. The number of aromatic amines is 1. The molecule has 0 bridgehead atoms. The molecular formula is C41H57BN11O11PSi. The quantitative estimate of drug-likeness (QED) is 0.0507. The summed E-state index contributed by atoms with van der Waals surface area (Å²) < 4.78 is 43.3. The molecule has 0 radical (unpaired) electrons. The van der Waals surface area contributed by atoms with Crippen LogP contribution in [-0.4, -0.2) is 127 Å². The number of carbonyl (C=O) groups is 2. The van der Waals surface area contributed by atoms with Gasteiger partial charge >= 0.3 is 0 Å². The summed E-state index contributed by atoms with van der Waals surface area (Å²) in [6.07, 6.45) is -2.44. The van der Waals surface area contributed by atoms with Crippen LogP contribution in [0.15, 0.2) is 54.1 Å². The van der Waals surface area contributed by atoms with Crippen LogP contribution in [0, 0.1) is 23.2 Å². The summed E-state index contributed by atoms with van der Waals surface area (Å²) in [7, 11) is -7.01. The smallest absolute Gasteiger partial charge is 0.280 e. The number of rotatable bonds is 17. The highest BCUT2D eigenvalue weighted by molar-refractivity contribution is 7.85. The molecule has 2 amide bonds. The van der Waals surface area contributed by atoms with E-state index >= 15 is 0 Å². The Hall–Kier alpha value is -5.06. The van der Waals surface area contributed by atoms with Crippen molar-refractivity contribution in [2.75, 3.05) is 30.5 Å². The van der Waals surface area contributed by atoms with Crippen molar-refractivity contribution in [3.05, 3.63) is 65.2 Å². The fourth-order valence-corrected chi connectivity index (χ4v) is 9.48. The largest absolute Gasteiger partial charge is 0.408 e. The van der Waals surface area contributed by atoms with Crippen LogP contribution in [0.3, 0.4) is 0 Å². The molecule has 22 nitrogen and oxygen atoms in total. The Morgan fingerprint density at radius 2 is 1.68 bits per heavy atom. The number of hydrogen-bond acceptors (Lipinski definition) is 17. The van der Waals surface area contributed by atoms with E-state index in [-0.39, 0.29) is 59.4 Å². The average Bonchev–Trinajstić information content (AvgIpc) is 4.04. The van der Waals surface area contributed by atoms with Gasteiger partial charge in [-0.25, -0.2) is 33.5 Å². The molecule has 1 aromatic carbocycles. The van der Waals surface area contributed by atoms with Crippen LogP contribution in [0.1, 0.15) is 70.8 Å². The lowest BCUT2D eigenvalue weighted by Crippen LogP contribution is -2.50. The van der Waals surface area contributed by atoms with Crippen LogP contribution < -0.4 is 16.2 Å². The normalized spacial score (nSPS) is 24.5. The van der Waals surface area contributed by atoms with Crippen LogP contribution in [0.5, 0.6) is 0 Å². The fourth-order valence-electron chi connectivity index (χ4n) is 7.03. The number of nitrogens with one attached hydrogen (secondary N) is 3. The molecule has 5 N–H and O–H groups in total. The molecule has 25 heteroatoms. The van der Waals surface area contributed by atoms with Crippen molar-refractivity contribution in [3.63, 3.8) is 0 Å². The van der Waals surface area contributed by atoms with E-state index in [2.05, 4.69) is 80.5 Å². The average molecular weight is 950 g/mol. The zero-order chi connectivity index (χ0) is 47.7. The van der Waals surface area contributed by atoms with E-state index in [0.29, 0.717) is 16.7 Å². The van der Waals surface area contributed by atoms with Crippen LogP contribution >= 0.6 is 7.82 Å². The number of hydrogen-bond donors (Lipinski definition) is 5. The van der Waals surface area contributed by atoms with Gasteiger partial charge in [-0.1, -0.05) is 59.7 Å². The molecule has 0 spiro atoms. The molecule has 4 aromatic heterocycles. The number of carbonyl (C=O) groups excluding carboxylic acids is 2. The molecule has 2 aliphatic rings. The number of imidazole rings is 2. The number of H-pyrrole nitrogens is 1. The molecule has 2 aliphatic heterocycles. The maximum atomic E-state index is 13.3. The van der Waals surface area contributed by atoms with Crippen molar-refractivity contribution in [3.8, 4) is 6.07 Å². The van der Waals surface area contributed by atoms with Gasteiger partial charge in [-0.15, -0.1) is 0 Å². The minimum Gasteiger partial charge on any atom is -0.408 e. The molecule has 2 saturated heterocycles. The van der Waals surface area contributed by atoms with Crippen molar-refractivity contribution in [2.24, 2.45) is 11.8 Å². The molecular weight excluding hydrogens is 892 g/mol. The summed E-state index contributed by atoms with van der Waals surface area (Å²) >= 11 is 0. The van der Waals surface area contributed by atoms with E-state index in [1.807, 2.05) is 13.0 Å². The monoisotopic (exact) mass is 949 g/mol. The number of fused-ring (bicyclic) bond motifs is 2. The summed E-state index contributed by atoms with van der Waals surface area (Å²) in [4.78, 5) is 63.6. The number of nitriles is 1. The third-order valence-electron chi connectivity index (χ3n) is 11.7. The van der Waals surface area contributed by atoms with Gasteiger partial charge in [0, 0.05) is 17.4 Å². The Morgan fingerprint density at radius 3 is 2.35 bits per heavy atom. The van der Waals surface area contributed by atoms with Crippen LogP contribution in [0.4, 0.5) is 11.8 Å². The predicted octanol–water partition coefficient (Wildman–Crippen LogP) is 3.36. The van der Waals surface area contributed by atoms with Gasteiger partial charge in [-0.3, -0.25) is 33.8 Å². The van der Waals surface area contributed by atoms with Gasteiger partial charge in [0.2, 0.25) is 27.2 Å². The zero-order valence-electron chi connectivity index (χ0n) is 37.2. The fraction of sp³-hybridized carbons (Fsp3) is 0.537. The van der Waals surface area contributed by atoms with Crippen LogP contribution in [-0.2, 0) is 32.3 Å². The molecule has 0 saturated carbocycles. The Balaban J connectivity index is 1.18. The van der Waals surface area contributed by atoms with E-state index in [4.69, 9.17) is 27.5 Å². The van der Waals surface area contributed by atoms with Gasteiger partial charge in [0.25, 0.3) is 11.5 Å². The molecule has 2 fully saturated rings.